The van der Waals surface area contributed by atoms with E-state index in [-0.39, 0.29) is 36.5 Å². The highest BCUT2D eigenvalue weighted by atomic mass is 16.2. The summed E-state index contributed by atoms with van der Waals surface area (Å²) in [5.74, 6) is -2.18. The van der Waals surface area contributed by atoms with Crippen molar-refractivity contribution >= 4 is 29.7 Å². The Bertz CT molecular complexity index is 906. The van der Waals surface area contributed by atoms with Gasteiger partial charge in [-0.25, -0.2) is 4.79 Å². The first-order valence-corrected chi connectivity index (χ1v) is 9.83. The maximum absolute atomic E-state index is 13.0. The van der Waals surface area contributed by atoms with E-state index in [0.29, 0.717) is 18.7 Å². The van der Waals surface area contributed by atoms with Crippen molar-refractivity contribution in [2.45, 2.75) is 44.7 Å². The van der Waals surface area contributed by atoms with E-state index in [2.05, 4.69) is 10.6 Å². The number of benzene rings is 1. The Labute approximate surface area is 167 Å². The van der Waals surface area contributed by atoms with E-state index in [1.54, 1.807) is 17.0 Å². The van der Waals surface area contributed by atoms with Gasteiger partial charge in [-0.05, 0) is 37.3 Å². The second kappa shape index (κ2) is 7.65. The standard InChI is InChI=1S/C20H22N4O5/c25-15-8-7-14(17(26)22-15)24-18(27)13-6-4-5-12(16(13)19(24)28)11-21-20(29)23-9-2-1-3-10-23/h4-6,14H,1-3,7-11H2,(H,21,29)(H,22,25,26). The Balaban J connectivity index is 1.52. The lowest BCUT2D eigenvalue weighted by Crippen LogP contribution is -2.54. The average molecular weight is 398 g/mol. The zero-order chi connectivity index (χ0) is 20.5. The number of likely N-dealkylation sites (tertiary alicyclic amines) is 1. The van der Waals surface area contributed by atoms with Crippen molar-refractivity contribution in [3.8, 4) is 0 Å². The number of urea groups is 1. The van der Waals surface area contributed by atoms with Crippen LogP contribution in [0.4, 0.5) is 4.79 Å². The number of piperidine rings is 2. The van der Waals surface area contributed by atoms with E-state index >= 15 is 0 Å². The van der Waals surface area contributed by atoms with Crippen LogP contribution in [-0.4, -0.2) is 58.6 Å². The number of hydrogen-bond donors (Lipinski definition) is 2. The van der Waals surface area contributed by atoms with Gasteiger partial charge in [0.15, 0.2) is 0 Å². The van der Waals surface area contributed by atoms with Crippen LogP contribution in [0, 0.1) is 0 Å². The van der Waals surface area contributed by atoms with Crippen LogP contribution in [0.15, 0.2) is 18.2 Å². The molecule has 9 heteroatoms. The lowest BCUT2D eigenvalue weighted by Gasteiger charge is -2.28. The minimum Gasteiger partial charge on any atom is -0.334 e. The van der Waals surface area contributed by atoms with Gasteiger partial charge in [0.05, 0.1) is 11.1 Å². The fourth-order valence-corrected chi connectivity index (χ4v) is 4.11. The van der Waals surface area contributed by atoms with Crippen LogP contribution >= 0.6 is 0 Å². The molecule has 2 saturated heterocycles. The third kappa shape index (κ3) is 3.48. The number of carbonyl (C=O) groups is 5. The lowest BCUT2D eigenvalue weighted by molar-refractivity contribution is -0.136. The first-order valence-electron chi connectivity index (χ1n) is 9.83. The molecule has 0 bridgehead atoms. The lowest BCUT2D eigenvalue weighted by atomic mass is 10.0. The van der Waals surface area contributed by atoms with Gasteiger partial charge in [0.25, 0.3) is 11.8 Å². The van der Waals surface area contributed by atoms with E-state index in [0.717, 1.165) is 24.2 Å². The fourth-order valence-electron chi connectivity index (χ4n) is 4.11. The second-order valence-electron chi connectivity index (χ2n) is 7.49. The SMILES string of the molecule is O=C1CCC(N2C(=O)c3cccc(CNC(=O)N4CCCCC4)c3C2=O)C(=O)N1. The number of hydrogen-bond acceptors (Lipinski definition) is 5. The average Bonchev–Trinajstić information content (AvgIpc) is 2.98. The van der Waals surface area contributed by atoms with Crippen LogP contribution in [-0.2, 0) is 16.1 Å². The third-order valence-electron chi connectivity index (χ3n) is 5.63. The summed E-state index contributed by atoms with van der Waals surface area (Å²) < 4.78 is 0. The summed E-state index contributed by atoms with van der Waals surface area (Å²) >= 11 is 0. The van der Waals surface area contributed by atoms with Gasteiger partial charge in [-0.15, -0.1) is 0 Å². The molecule has 0 aliphatic carbocycles. The number of rotatable bonds is 3. The number of nitrogens with one attached hydrogen (secondary N) is 2. The first kappa shape index (κ1) is 19.1. The molecule has 1 atom stereocenters. The Morgan fingerprint density at radius 1 is 1.07 bits per heavy atom. The normalized spacial score (nSPS) is 21.9. The second-order valence-corrected chi connectivity index (χ2v) is 7.49. The molecule has 9 nitrogen and oxygen atoms in total. The first-order chi connectivity index (χ1) is 14.0. The molecule has 2 fully saturated rings. The van der Waals surface area contributed by atoms with Crippen molar-refractivity contribution in [2.24, 2.45) is 0 Å². The molecule has 4 rings (SSSR count). The summed E-state index contributed by atoms with van der Waals surface area (Å²) in [6.07, 6.45) is 3.24. The van der Waals surface area contributed by atoms with Gasteiger partial charge in [0.2, 0.25) is 11.8 Å². The third-order valence-corrected chi connectivity index (χ3v) is 5.63. The minimum absolute atomic E-state index is 0.0720. The molecule has 2 N–H and O–H groups in total. The van der Waals surface area contributed by atoms with E-state index in [9.17, 15) is 24.0 Å². The molecule has 0 radical (unpaired) electrons. The highest BCUT2D eigenvalue weighted by molar-refractivity contribution is 6.24. The monoisotopic (exact) mass is 398 g/mol. The van der Waals surface area contributed by atoms with Crippen molar-refractivity contribution in [3.63, 3.8) is 0 Å². The molecule has 152 valence electrons. The molecule has 3 aliphatic heterocycles. The molecule has 1 unspecified atom stereocenters. The van der Waals surface area contributed by atoms with Crippen LogP contribution in [0.1, 0.15) is 58.4 Å². The summed E-state index contributed by atoms with van der Waals surface area (Å²) in [6.45, 7) is 1.53. The Kier molecular flexibility index (Phi) is 5.04. The van der Waals surface area contributed by atoms with Gasteiger partial charge < -0.3 is 10.2 Å². The van der Waals surface area contributed by atoms with Crippen molar-refractivity contribution in [1.29, 1.82) is 0 Å². The number of nitrogens with zero attached hydrogens (tertiary/aromatic N) is 2. The minimum atomic E-state index is -1.00. The topological polar surface area (TPSA) is 116 Å². The van der Waals surface area contributed by atoms with Crippen molar-refractivity contribution in [3.05, 3.63) is 34.9 Å². The van der Waals surface area contributed by atoms with Crippen molar-refractivity contribution in [1.82, 2.24) is 20.4 Å². The largest absolute Gasteiger partial charge is 0.334 e. The zero-order valence-corrected chi connectivity index (χ0v) is 15.9. The van der Waals surface area contributed by atoms with Gasteiger partial charge >= 0.3 is 6.03 Å². The van der Waals surface area contributed by atoms with Gasteiger partial charge in [0, 0.05) is 26.1 Å². The summed E-state index contributed by atoms with van der Waals surface area (Å²) in [4.78, 5) is 64.4. The fraction of sp³-hybridized carbons (Fsp3) is 0.450. The summed E-state index contributed by atoms with van der Waals surface area (Å²) in [5, 5.41) is 5.00. The molecule has 29 heavy (non-hydrogen) atoms. The Morgan fingerprint density at radius 3 is 2.55 bits per heavy atom. The highest BCUT2D eigenvalue weighted by Gasteiger charge is 2.45. The van der Waals surface area contributed by atoms with Crippen LogP contribution in [0.5, 0.6) is 0 Å². The summed E-state index contributed by atoms with van der Waals surface area (Å²) in [5.41, 5.74) is 0.951. The molecular weight excluding hydrogens is 376 g/mol. The van der Waals surface area contributed by atoms with Gasteiger partial charge in [-0.1, -0.05) is 12.1 Å². The van der Waals surface area contributed by atoms with Gasteiger partial charge in [-0.2, -0.15) is 0 Å². The number of carbonyl (C=O) groups excluding carboxylic acids is 5. The maximum atomic E-state index is 13.0. The number of imide groups is 2. The molecule has 1 aromatic rings. The summed E-state index contributed by atoms with van der Waals surface area (Å²) in [7, 11) is 0. The van der Waals surface area contributed by atoms with Crippen LogP contribution < -0.4 is 10.6 Å². The van der Waals surface area contributed by atoms with E-state index in [4.69, 9.17) is 0 Å². The Hall–Kier alpha value is -3.23. The smallest absolute Gasteiger partial charge is 0.317 e. The van der Waals surface area contributed by atoms with Crippen molar-refractivity contribution < 1.29 is 24.0 Å². The van der Waals surface area contributed by atoms with E-state index in [1.807, 2.05) is 0 Å². The van der Waals surface area contributed by atoms with Crippen LogP contribution in [0.3, 0.4) is 0 Å². The van der Waals surface area contributed by atoms with Crippen LogP contribution in [0.25, 0.3) is 0 Å². The number of fused-ring (bicyclic) bond motifs is 1. The zero-order valence-electron chi connectivity index (χ0n) is 15.9. The predicted molar refractivity (Wildman–Crippen MR) is 101 cm³/mol. The molecule has 3 aliphatic rings. The molecular formula is C20H22N4O5. The summed E-state index contributed by atoms with van der Waals surface area (Å²) in [6, 6.07) is 3.68. The highest BCUT2D eigenvalue weighted by Crippen LogP contribution is 2.30. The Morgan fingerprint density at radius 2 is 1.83 bits per heavy atom. The number of amides is 6. The quantitative estimate of drug-likeness (QED) is 0.730. The molecule has 0 spiro atoms. The van der Waals surface area contributed by atoms with Crippen LogP contribution in [0.2, 0.25) is 0 Å². The van der Waals surface area contributed by atoms with Gasteiger partial charge in [-0.3, -0.25) is 29.4 Å². The van der Waals surface area contributed by atoms with Gasteiger partial charge in [0.1, 0.15) is 6.04 Å². The van der Waals surface area contributed by atoms with E-state index in [1.165, 1.54) is 6.07 Å². The molecule has 0 aromatic heterocycles. The predicted octanol–water partition coefficient (Wildman–Crippen LogP) is 0.783. The molecule has 3 heterocycles. The van der Waals surface area contributed by atoms with E-state index < -0.39 is 29.7 Å². The molecule has 6 amide bonds. The molecule has 1 aromatic carbocycles. The van der Waals surface area contributed by atoms with Crippen molar-refractivity contribution in [2.75, 3.05) is 13.1 Å². The molecule has 0 saturated carbocycles. The maximum Gasteiger partial charge on any atom is 0.317 e.